The van der Waals surface area contributed by atoms with E-state index >= 15 is 0 Å². The highest BCUT2D eigenvalue weighted by molar-refractivity contribution is 5.59. The average molecular weight is 257 g/mol. The second-order valence-electron chi connectivity index (χ2n) is 4.35. The Kier molecular flexibility index (Phi) is 4.61. The molecule has 19 heavy (non-hydrogen) atoms. The number of hydrogen-bond donors (Lipinski definition) is 2. The lowest BCUT2D eigenvalue weighted by Crippen LogP contribution is -2.02. The topological polar surface area (TPSA) is 60.2 Å². The van der Waals surface area contributed by atoms with E-state index in [1.165, 1.54) is 5.56 Å². The number of benzene rings is 1. The molecule has 3 N–H and O–H groups in total. The van der Waals surface area contributed by atoms with Gasteiger partial charge in [-0.05, 0) is 30.2 Å². The van der Waals surface area contributed by atoms with Gasteiger partial charge >= 0.3 is 0 Å². The van der Waals surface area contributed by atoms with Gasteiger partial charge in [0.15, 0.2) is 0 Å². The summed E-state index contributed by atoms with van der Waals surface area (Å²) in [5, 5.41) is 3.33. The van der Waals surface area contributed by atoms with Gasteiger partial charge in [0.05, 0.1) is 6.61 Å². The van der Waals surface area contributed by atoms with Crippen LogP contribution >= 0.6 is 0 Å². The molecule has 0 unspecified atom stereocenters. The second-order valence-corrected chi connectivity index (χ2v) is 4.35. The summed E-state index contributed by atoms with van der Waals surface area (Å²) in [5.74, 6) is 0.805. The van der Waals surface area contributed by atoms with Crippen LogP contribution in [0.3, 0.4) is 0 Å². The molecule has 1 aromatic carbocycles. The third-order valence-electron chi connectivity index (χ3n) is 2.65. The van der Waals surface area contributed by atoms with E-state index in [0.717, 1.165) is 24.4 Å². The van der Waals surface area contributed by atoms with Gasteiger partial charge in [0, 0.05) is 42.4 Å². The van der Waals surface area contributed by atoms with Crippen molar-refractivity contribution in [1.29, 1.82) is 0 Å². The Morgan fingerprint density at radius 1 is 1.21 bits per heavy atom. The van der Waals surface area contributed by atoms with E-state index in [-0.39, 0.29) is 0 Å². The Morgan fingerprint density at radius 2 is 2.00 bits per heavy atom. The van der Waals surface area contributed by atoms with Crippen molar-refractivity contribution < 1.29 is 4.74 Å². The molecule has 1 aromatic heterocycles. The summed E-state index contributed by atoms with van der Waals surface area (Å²) in [5.41, 5.74) is 8.71. The summed E-state index contributed by atoms with van der Waals surface area (Å²) in [6, 6.07) is 9.67. The number of anilines is 2. The van der Waals surface area contributed by atoms with Gasteiger partial charge in [0.25, 0.3) is 0 Å². The zero-order chi connectivity index (χ0) is 13.5. The Morgan fingerprint density at radius 3 is 2.74 bits per heavy atom. The lowest BCUT2D eigenvalue weighted by molar-refractivity contribution is 0.318. The number of rotatable bonds is 6. The summed E-state index contributed by atoms with van der Waals surface area (Å²) in [6.45, 7) is 3.52. The van der Waals surface area contributed by atoms with Crippen molar-refractivity contribution in [2.75, 3.05) is 17.7 Å². The molecular weight excluding hydrogens is 238 g/mol. The first-order valence-corrected chi connectivity index (χ1v) is 6.44. The molecule has 2 rings (SSSR count). The van der Waals surface area contributed by atoms with Crippen LogP contribution in [-0.4, -0.2) is 11.6 Å². The number of ether oxygens (including phenoxy) is 1. The fourth-order valence-corrected chi connectivity index (χ4v) is 1.73. The second kappa shape index (κ2) is 6.64. The van der Waals surface area contributed by atoms with Gasteiger partial charge in [-0.15, -0.1) is 0 Å². The number of nitrogens with one attached hydrogen (secondary N) is 1. The van der Waals surface area contributed by atoms with Crippen LogP contribution in [0.4, 0.5) is 11.4 Å². The van der Waals surface area contributed by atoms with Crippen molar-refractivity contribution in [3.8, 4) is 5.75 Å². The van der Waals surface area contributed by atoms with Crippen molar-refractivity contribution in [3.05, 3.63) is 48.3 Å². The molecule has 0 aliphatic heterocycles. The molecule has 0 bridgehead atoms. The van der Waals surface area contributed by atoms with Crippen LogP contribution in [-0.2, 0) is 6.54 Å². The maximum atomic E-state index is 5.87. The highest BCUT2D eigenvalue weighted by Gasteiger charge is 2.00. The van der Waals surface area contributed by atoms with Gasteiger partial charge in [-0.25, -0.2) is 0 Å². The minimum absolute atomic E-state index is 0.700. The van der Waals surface area contributed by atoms with Crippen molar-refractivity contribution in [3.63, 3.8) is 0 Å². The smallest absolute Gasteiger partial charge is 0.123 e. The maximum absolute atomic E-state index is 5.87. The largest absolute Gasteiger partial charge is 0.493 e. The van der Waals surface area contributed by atoms with Crippen molar-refractivity contribution in [2.45, 2.75) is 19.9 Å². The first kappa shape index (κ1) is 13.2. The van der Waals surface area contributed by atoms with Crippen LogP contribution in [0.15, 0.2) is 42.7 Å². The van der Waals surface area contributed by atoms with E-state index in [0.29, 0.717) is 12.3 Å². The van der Waals surface area contributed by atoms with Gasteiger partial charge in [0.1, 0.15) is 5.75 Å². The quantitative estimate of drug-likeness (QED) is 0.781. The number of nitrogen functional groups attached to an aromatic ring is 1. The van der Waals surface area contributed by atoms with Crippen molar-refractivity contribution >= 4 is 11.4 Å². The van der Waals surface area contributed by atoms with Crippen LogP contribution in [0.1, 0.15) is 18.9 Å². The van der Waals surface area contributed by atoms with Gasteiger partial charge < -0.3 is 15.8 Å². The van der Waals surface area contributed by atoms with Crippen LogP contribution in [0.5, 0.6) is 5.75 Å². The zero-order valence-corrected chi connectivity index (χ0v) is 11.1. The van der Waals surface area contributed by atoms with E-state index in [4.69, 9.17) is 10.5 Å². The molecule has 0 radical (unpaired) electrons. The number of hydrogen-bond acceptors (Lipinski definition) is 4. The molecule has 4 nitrogen and oxygen atoms in total. The van der Waals surface area contributed by atoms with E-state index in [1.807, 2.05) is 30.3 Å². The van der Waals surface area contributed by atoms with Crippen LogP contribution in [0.2, 0.25) is 0 Å². The summed E-state index contributed by atoms with van der Waals surface area (Å²) < 4.78 is 5.60. The highest BCUT2D eigenvalue weighted by Crippen LogP contribution is 2.23. The number of pyridine rings is 1. The third-order valence-corrected chi connectivity index (χ3v) is 2.65. The monoisotopic (exact) mass is 257 g/mol. The minimum atomic E-state index is 0.700. The van der Waals surface area contributed by atoms with E-state index in [1.54, 1.807) is 12.4 Å². The molecule has 0 atom stereocenters. The summed E-state index contributed by atoms with van der Waals surface area (Å²) in [4.78, 5) is 3.99. The first-order valence-electron chi connectivity index (χ1n) is 6.44. The van der Waals surface area contributed by atoms with E-state index in [9.17, 15) is 0 Å². The van der Waals surface area contributed by atoms with Crippen LogP contribution < -0.4 is 15.8 Å². The maximum Gasteiger partial charge on any atom is 0.123 e. The Hall–Kier alpha value is -2.23. The van der Waals surface area contributed by atoms with E-state index in [2.05, 4.69) is 17.2 Å². The van der Waals surface area contributed by atoms with Crippen molar-refractivity contribution in [2.24, 2.45) is 0 Å². The molecule has 0 saturated carbocycles. The first-order chi connectivity index (χ1) is 9.28. The molecule has 0 saturated heterocycles. The molecular formula is C15H19N3O. The zero-order valence-electron chi connectivity index (χ0n) is 11.1. The van der Waals surface area contributed by atoms with Gasteiger partial charge in [0.2, 0.25) is 0 Å². The lowest BCUT2D eigenvalue weighted by atomic mass is 10.2. The number of nitrogens with two attached hydrogens (primary N) is 1. The third kappa shape index (κ3) is 4.17. The predicted molar refractivity (Wildman–Crippen MR) is 78.2 cm³/mol. The molecule has 0 aliphatic carbocycles. The minimum Gasteiger partial charge on any atom is -0.493 e. The lowest BCUT2D eigenvalue weighted by Gasteiger charge is -2.11. The molecule has 4 heteroatoms. The molecule has 100 valence electrons. The molecule has 1 heterocycles. The highest BCUT2D eigenvalue weighted by atomic mass is 16.5. The average Bonchev–Trinajstić information content (AvgIpc) is 2.43. The summed E-state index contributed by atoms with van der Waals surface area (Å²) in [6.07, 6.45) is 4.55. The molecule has 0 amide bonds. The van der Waals surface area contributed by atoms with Crippen LogP contribution in [0, 0.1) is 0 Å². The Labute approximate surface area is 113 Å². The fraction of sp³-hybridized carbons (Fsp3) is 0.267. The SMILES string of the molecule is CCCOc1cc(N)cc(NCc2ccncc2)c1. The van der Waals surface area contributed by atoms with Crippen molar-refractivity contribution in [1.82, 2.24) is 4.98 Å². The fourth-order valence-electron chi connectivity index (χ4n) is 1.73. The normalized spacial score (nSPS) is 10.2. The molecule has 0 spiro atoms. The standard InChI is InChI=1S/C15H19N3O/c1-2-7-19-15-9-13(16)8-14(10-15)18-11-12-3-5-17-6-4-12/h3-6,8-10,18H,2,7,11,16H2,1H3. The van der Waals surface area contributed by atoms with Gasteiger partial charge in [-0.3, -0.25) is 4.98 Å². The van der Waals surface area contributed by atoms with Crippen LogP contribution in [0.25, 0.3) is 0 Å². The molecule has 2 aromatic rings. The summed E-state index contributed by atoms with van der Waals surface area (Å²) >= 11 is 0. The predicted octanol–water partition coefficient (Wildman–Crippen LogP) is 3.06. The number of aromatic nitrogens is 1. The Balaban J connectivity index is 2.01. The van der Waals surface area contributed by atoms with E-state index < -0.39 is 0 Å². The molecule has 0 fully saturated rings. The summed E-state index contributed by atoms with van der Waals surface area (Å²) in [7, 11) is 0. The van der Waals surface area contributed by atoms with Gasteiger partial charge in [-0.1, -0.05) is 6.92 Å². The number of nitrogens with zero attached hydrogens (tertiary/aromatic N) is 1. The molecule has 0 aliphatic rings. The Bertz CT molecular complexity index is 514. The van der Waals surface area contributed by atoms with Gasteiger partial charge in [-0.2, -0.15) is 0 Å².